The van der Waals surface area contributed by atoms with E-state index in [1.807, 2.05) is 0 Å². The van der Waals surface area contributed by atoms with Crippen molar-refractivity contribution in [1.29, 1.82) is 0 Å². The standard InChI is InChI=1S/C15H18FN3O/c16-11-7-8-12(13(17)9-11)15-18-14(19-20-15)10-5-3-1-2-4-6-10/h7-10H,1-6,17H2. The van der Waals surface area contributed by atoms with Gasteiger partial charge >= 0.3 is 0 Å². The first kappa shape index (κ1) is 13.1. The second-order valence-corrected chi connectivity index (χ2v) is 5.38. The summed E-state index contributed by atoms with van der Waals surface area (Å²) in [7, 11) is 0. The van der Waals surface area contributed by atoms with Crippen molar-refractivity contribution in [3.8, 4) is 11.5 Å². The summed E-state index contributed by atoms with van der Waals surface area (Å²) >= 11 is 0. The lowest BCUT2D eigenvalue weighted by molar-refractivity contribution is 0.410. The van der Waals surface area contributed by atoms with Crippen LogP contribution in [0.2, 0.25) is 0 Å². The zero-order chi connectivity index (χ0) is 13.9. The largest absolute Gasteiger partial charge is 0.398 e. The molecular formula is C15H18FN3O. The molecule has 0 bridgehead atoms. The summed E-state index contributed by atoms with van der Waals surface area (Å²) in [6, 6.07) is 4.20. The molecule has 0 radical (unpaired) electrons. The van der Waals surface area contributed by atoms with Crippen molar-refractivity contribution >= 4 is 5.69 Å². The minimum Gasteiger partial charge on any atom is -0.398 e. The highest BCUT2D eigenvalue weighted by atomic mass is 19.1. The van der Waals surface area contributed by atoms with Gasteiger partial charge in [0.2, 0.25) is 0 Å². The second kappa shape index (κ2) is 5.61. The zero-order valence-corrected chi connectivity index (χ0v) is 11.3. The summed E-state index contributed by atoms with van der Waals surface area (Å²) in [6.45, 7) is 0. The van der Waals surface area contributed by atoms with E-state index >= 15 is 0 Å². The van der Waals surface area contributed by atoms with Gasteiger partial charge in [-0.05, 0) is 31.0 Å². The van der Waals surface area contributed by atoms with E-state index in [9.17, 15) is 4.39 Å². The Kier molecular flexibility index (Phi) is 3.67. The van der Waals surface area contributed by atoms with Gasteiger partial charge in [0.05, 0.1) is 5.56 Å². The van der Waals surface area contributed by atoms with Crippen molar-refractivity contribution in [3.05, 3.63) is 29.8 Å². The van der Waals surface area contributed by atoms with Crippen LogP contribution in [0.3, 0.4) is 0 Å². The van der Waals surface area contributed by atoms with Gasteiger partial charge in [0.1, 0.15) is 5.82 Å². The number of nitrogen functional groups attached to an aromatic ring is 1. The molecule has 0 unspecified atom stereocenters. The van der Waals surface area contributed by atoms with Gasteiger partial charge in [-0.15, -0.1) is 0 Å². The number of halogens is 1. The van der Waals surface area contributed by atoms with Crippen LogP contribution < -0.4 is 5.73 Å². The maximum atomic E-state index is 13.1. The number of benzene rings is 1. The fourth-order valence-corrected chi connectivity index (χ4v) is 2.78. The fraction of sp³-hybridized carbons (Fsp3) is 0.467. The van der Waals surface area contributed by atoms with Gasteiger partial charge in [-0.2, -0.15) is 4.98 Å². The van der Waals surface area contributed by atoms with Crippen molar-refractivity contribution in [2.75, 3.05) is 5.73 Å². The molecule has 5 heteroatoms. The third-order valence-electron chi connectivity index (χ3n) is 3.91. The Bertz CT molecular complexity index is 589. The molecule has 1 aromatic carbocycles. The van der Waals surface area contributed by atoms with Gasteiger partial charge in [-0.3, -0.25) is 0 Å². The van der Waals surface area contributed by atoms with Gasteiger partial charge in [0.25, 0.3) is 5.89 Å². The average Bonchev–Trinajstić information content (AvgIpc) is 2.74. The second-order valence-electron chi connectivity index (χ2n) is 5.38. The molecule has 1 aromatic heterocycles. The monoisotopic (exact) mass is 275 g/mol. The van der Waals surface area contributed by atoms with Crippen molar-refractivity contribution in [1.82, 2.24) is 10.1 Å². The number of nitrogens with zero attached hydrogens (tertiary/aromatic N) is 2. The molecule has 1 aliphatic carbocycles. The Morgan fingerprint density at radius 1 is 1.15 bits per heavy atom. The first-order valence-electron chi connectivity index (χ1n) is 7.13. The third-order valence-corrected chi connectivity index (χ3v) is 3.91. The topological polar surface area (TPSA) is 64.9 Å². The highest BCUT2D eigenvalue weighted by Crippen LogP contribution is 2.32. The van der Waals surface area contributed by atoms with Gasteiger partial charge in [-0.25, -0.2) is 4.39 Å². The van der Waals surface area contributed by atoms with Gasteiger partial charge in [0, 0.05) is 11.6 Å². The average molecular weight is 275 g/mol. The van der Waals surface area contributed by atoms with Crippen LogP contribution >= 0.6 is 0 Å². The molecular weight excluding hydrogens is 257 g/mol. The molecule has 20 heavy (non-hydrogen) atoms. The number of aromatic nitrogens is 2. The van der Waals surface area contributed by atoms with E-state index in [4.69, 9.17) is 10.3 Å². The summed E-state index contributed by atoms with van der Waals surface area (Å²) in [5, 5.41) is 4.09. The molecule has 1 aliphatic rings. The maximum Gasteiger partial charge on any atom is 0.260 e. The smallest absolute Gasteiger partial charge is 0.260 e. The minimum absolute atomic E-state index is 0.320. The van der Waals surface area contributed by atoms with Gasteiger partial charge in [0.15, 0.2) is 5.82 Å². The van der Waals surface area contributed by atoms with Crippen LogP contribution in [0, 0.1) is 5.82 Å². The van der Waals surface area contributed by atoms with Crippen LogP contribution in [0.1, 0.15) is 50.3 Å². The highest BCUT2D eigenvalue weighted by molar-refractivity contribution is 5.70. The number of rotatable bonds is 2. The first-order valence-corrected chi connectivity index (χ1v) is 7.13. The molecule has 3 rings (SSSR count). The summed E-state index contributed by atoms with van der Waals surface area (Å²) in [5.41, 5.74) is 6.71. The molecule has 106 valence electrons. The predicted molar refractivity (Wildman–Crippen MR) is 74.5 cm³/mol. The predicted octanol–water partition coefficient (Wildman–Crippen LogP) is 3.90. The lowest BCUT2D eigenvalue weighted by Gasteiger charge is -2.07. The van der Waals surface area contributed by atoms with E-state index in [0.717, 1.165) is 18.7 Å². The quantitative estimate of drug-likeness (QED) is 0.667. The normalized spacial score (nSPS) is 17.1. The molecule has 1 heterocycles. The molecule has 2 N–H and O–H groups in total. The molecule has 1 saturated carbocycles. The molecule has 0 aliphatic heterocycles. The number of hydrogen-bond acceptors (Lipinski definition) is 4. The van der Waals surface area contributed by atoms with Crippen molar-refractivity contribution in [2.45, 2.75) is 44.4 Å². The Morgan fingerprint density at radius 3 is 2.60 bits per heavy atom. The van der Waals surface area contributed by atoms with Gasteiger partial charge < -0.3 is 10.3 Å². The molecule has 0 spiro atoms. The highest BCUT2D eigenvalue weighted by Gasteiger charge is 2.21. The number of hydrogen-bond donors (Lipinski definition) is 1. The lowest BCUT2D eigenvalue weighted by Crippen LogP contribution is -1.99. The molecule has 1 fully saturated rings. The minimum atomic E-state index is -0.366. The summed E-state index contributed by atoms with van der Waals surface area (Å²) in [6.07, 6.45) is 7.22. The van der Waals surface area contributed by atoms with Crippen molar-refractivity contribution in [3.63, 3.8) is 0 Å². The van der Waals surface area contributed by atoms with E-state index in [2.05, 4.69) is 10.1 Å². The van der Waals surface area contributed by atoms with Crippen molar-refractivity contribution in [2.24, 2.45) is 0 Å². The molecule has 0 amide bonds. The molecule has 2 aromatic rings. The van der Waals surface area contributed by atoms with Crippen LogP contribution in [-0.2, 0) is 0 Å². The van der Waals surface area contributed by atoms with Crippen LogP contribution in [0.25, 0.3) is 11.5 Å². The Morgan fingerprint density at radius 2 is 1.90 bits per heavy atom. The Labute approximate surface area is 117 Å². The first-order chi connectivity index (χ1) is 9.74. The van der Waals surface area contributed by atoms with E-state index in [0.29, 0.717) is 23.1 Å². The lowest BCUT2D eigenvalue weighted by atomic mass is 10.00. The summed E-state index contributed by atoms with van der Waals surface area (Å²) in [4.78, 5) is 4.46. The van der Waals surface area contributed by atoms with E-state index in [1.165, 1.54) is 37.8 Å². The van der Waals surface area contributed by atoms with Crippen LogP contribution in [0.4, 0.5) is 10.1 Å². The number of nitrogens with two attached hydrogens (primary N) is 1. The Balaban J connectivity index is 1.85. The van der Waals surface area contributed by atoms with Crippen molar-refractivity contribution < 1.29 is 8.91 Å². The van der Waals surface area contributed by atoms with E-state index in [-0.39, 0.29) is 5.82 Å². The molecule has 0 saturated heterocycles. The number of anilines is 1. The third kappa shape index (κ3) is 2.66. The summed E-state index contributed by atoms with van der Waals surface area (Å²) in [5.74, 6) is 1.14. The van der Waals surface area contributed by atoms with Gasteiger partial charge in [-0.1, -0.05) is 30.8 Å². The van der Waals surface area contributed by atoms with Crippen LogP contribution in [-0.4, -0.2) is 10.1 Å². The van der Waals surface area contributed by atoms with E-state index < -0.39 is 0 Å². The van der Waals surface area contributed by atoms with E-state index in [1.54, 1.807) is 6.07 Å². The molecule has 0 atom stereocenters. The fourth-order valence-electron chi connectivity index (χ4n) is 2.78. The SMILES string of the molecule is Nc1cc(F)ccc1-c1nc(C2CCCCCC2)no1. The zero-order valence-electron chi connectivity index (χ0n) is 11.3. The Hall–Kier alpha value is -1.91. The maximum absolute atomic E-state index is 13.1. The van der Waals surface area contributed by atoms with Crippen LogP contribution in [0.15, 0.2) is 22.7 Å². The molecule has 4 nitrogen and oxygen atoms in total. The van der Waals surface area contributed by atoms with Crippen LogP contribution in [0.5, 0.6) is 0 Å². The summed E-state index contributed by atoms with van der Waals surface area (Å²) < 4.78 is 18.4.